The van der Waals surface area contributed by atoms with Crippen molar-refractivity contribution in [2.24, 2.45) is 35.5 Å². The van der Waals surface area contributed by atoms with E-state index >= 15 is 0 Å². The van der Waals surface area contributed by atoms with Crippen LogP contribution in [0.4, 0.5) is 0 Å². The van der Waals surface area contributed by atoms with Gasteiger partial charge in [0, 0.05) is 4.32 Å². The molecule has 0 heterocycles. The van der Waals surface area contributed by atoms with Gasteiger partial charge in [-0.25, -0.2) is 30.1 Å². The zero-order valence-electron chi connectivity index (χ0n) is 21.9. The lowest BCUT2D eigenvalue weighted by Gasteiger charge is -2.57. The van der Waals surface area contributed by atoms with E-state index in [1.807, 2.05) is 36.4 Å². The van der Waals surface area contributed by atoms with Crippen LogP contribution in [0.2, 0.25) is 0 Å². The van der Waals surface area contributed by atoms with Gasteiger partial charge in [0.2, 0.25) is 0 Å². The molecule has 0 aromatic heterocycles. The Hall–Kier alpha value is 0.322. The third kappa shape index (κ3) is 7.75. The van der Waals surface area contributed by atoms with Crippen molar-refractivity contribution in [2.45, 2.75) is 86.8 Å². The molecule has 0 radical (unpaired) electrons. The van der Waals surface area contributed by atoms with E-state index in [0.717, 1.165) is 35.5 Å². The van der Waals surface area contributed by atoms with Crippen LogP contribution in [0.1, 0.15) is 82.6 Å². The molecule has 0 N–H and O–H groups in total. The van der Waals surface area contributed by atoms with Gasteiger partial charge in [0.15, 0.2) is 0 Å². The van der Waals surface area contributed by atoms with Crippen LogP contribution in [0.25, 0.3) is 0 Å². The molecule has 0 aliphatic heterocycles. The van der Waals surface area contributed by atoms with Crippen molar-refractivity contribution < 1.29 is 0 Å². The van der Waals surface area contributed by atoms with Crippen molar-refractivity contribution in [2.75, 3.05) is 0 Å². The molecular formula is C32H41AlBrCl3. The van der Waals surface area contributed by atoms with Crippen molar-refractivity contribution in [1.29, 1.82) is 0 Å². The molecule has 0 saturated heterocycles. The van der Waals surface area contributed by atoms with Gasteiger partial charge >= 0.3 is 11.4 Å². The first-order chi connectivity index (χ1) is 17.8. The van der Waals surface area contributed by atoms with Gasteiger partial charge in [-0.15, -0.1) is 0 Å². The van der Waals surface area contributed by atoms with Crippen LogP contribution in [0.5, 0.6) is 0 Å². The summed E-state index contributed by atoms with van der Waals surface area (Å²) in [4.78, 5) is 0. The summed E-state index contributed by atoms with van der Waals surface area (Å²) in [6, 6.07) is 23.4. The number of hydrogen-bond donors (Lipinski definition) is 0. The molecule has 37 heavy (non-hydrogen) atoms. The van der Waals surface area contributed by atoms with E-state index in [4.69, 9.17) is 30.1 Å². The lowest BCUT2D eigenvalue weighted by Crippen LogP contribution is -2.48. The zero-order valence-corrected chi connectivity index (χ0v) is 26.9. The molecule has 8 saturated carbocycles. The Morgan fingerprint density at radius 1 is 0.514 bits per heavy atom. The van der Waals surface area contributed by atoms with Gasteiger partial charge in [-0.2, -0.15) is 0 Å². The smallest absolute Gasteiger partial charge is 0.214 e. The van der Waals surface area contributed by atoms with Crippen LogP contribution in [-0.2, 0) is 5.41 Å². The molecule has 0 atom stereocenters. The third-order valence-electron chi connectivity index (χ3n) is 10.1. The fraction of sp³-hybridized carbons (Fsp3) is 0.625. The standard InChI is InChI=1S/C16H20.C10H15Br.C6H6.Al.3ClH/c1-2-4-15(5-3-1)16-9-12-6-13(10-16)8-14(7-12)11-16;11-10-4-7-1-8(5-10)3-9(2-7)6-10;1-2-4-6-5-3-1;;;;/h1-5,12-14H,6-11H2;7-9H,1-6H2;1-6H;;3*1H/q;;;+3;;;/p-3. The maximum atomic E-state index is 4.94. The SMILES string of the molecule is BrC12CC3CC(CC(C3)C1)C2.[Cl][Al]([Cl])[Cl].c1ccc(C23CC4CC(CC(C4)C2)C3)cc1.c1ccccc1. The van der Waals surface area contributed by atoms with Gasteiger partial charge in [0.05, 0.1) is 0 Å². The van der Waals surface area contributed by atoms with Crippen molar-refractivity contribution in [3.8, 4) is 0 Å². The highest BCUT2D eigenvalue weighted by Crippen LogP contribution is 2.61. The Morgan fingerprint density at radius 3 is 1.08 bits per heavy atom. The summed E-state index contributed by atoms with van der Waals surface area (Å²) in [6.07, 6.45) is 18.2. The maximum absolute atomic E-state index is 4.94. The lowest BCUT2D eigenvalue weighted by atomic mass is 9.48. The molecule has 10 rings (SSSR count). The van der Waals surface area contributed by atoms with E-state index in [9.17, 15) is 0 Å². The Bertz CT molecular complexity index is 866. The highest BCUT2D eigenvalue weighted by molar-refractivity contribution is 9.10. The molecule has 0 amide bonds. The van der Waals surface area contributed by atoms with Gasteiger partial charge in [0.25, 0.3) is 0 Å². The molecule has 0 spiro atoms. The minimum Gasteiger partial charge on any atom is -0.214 e. The zero-order chi connectivity index (χ0) is 25.9. The predicted octanol–water partition coefficient (Wildman–Crippen LogP) is 10.9. The van der Waals surface area contributed by atoms with Crippen molar-refractivity contribution in [1.82, 2.24) is 0 Å². The molecule has 2 aromatic rings. The Morgan fingerprint density at radius 2 is 0.784 bits per heavy atom. The van der Waals surface area contributed by atoms with E-state index in [1.165, 1.54) is 38.5 Å². The van der Waals surface area contributed by atoms with Crippen LogP contribution in [0.15, 0.2) is 66.7 Å². The summed E-state index contributed by atoms with van der Waals surface area (Å²) in [5.41, 5.74) is 2.24. The molecule has 0 nitrogen and oxygen atoms in total. The summed E-state index contributed by atoms with van der Waals surface area (Å²) < 4.78 is 0.613. The minimum atomic E-state index is -1.72. The molecule has 8 aliphatic carbocycles. The third-order valence-corrected chi connectivity index (χ3v) is 11.0. The summed E-state index contributed by atoms with van der Waals surface area (Å²) in [7, 11) is 14.8. The molecule has 200 valence electrons. The van der Waals surface area contributed by atoms with E-state index in [-0.39, 0.29) is 0 Å². The van der Waals surface area contributed by atoms with Gasteiger partial charge in [-0.05, 0) is 124 Å². The van der Waals surface area contributed by atoms with E-state index in [2.05, 4.69) is 46.3 Å². The van der Waals surface area contributed by atoms with Gasteiger partial charge in [-0.3, -0.25) is 0 Å². The minimum absolute atomic E-state index is 0.593. The number of alkyl halides is 1. The predicted molar refractivity (Wildman–Crippen MR) is 166 cm³/mol. The first kappa shape index (κ1) is 28.8. The second-order valence-electron chi connectivity index (χ2n) is 13.0. The maximum Gasteiger partial charge on any atom is 0.643 e. The molecular weight excluding hydrogens is 598 g/mol. The van der Waals surface area contributed by atoms with Gasteiger partial charge in [-0.1, -0.05) is 82.7 Å². The quantitative estimate of drug-likeness (QED) is 0.215. The Labute approximate surface area is 250 Å². The van der Waals surface area contributed by atoms with Crippen LogP contribution >= 0.6 is 46.1 Å². The molecule has 8 fully saturated rings. The lowest BCUT2D eigenvalue weighted by molar-refractivity contribution is -0.00518. The molecule has 8 aliphatic rings. The summed E-state index contributed by atoms with van der Waals surface area (Å²) >= 11 is 2.24. The number of benzene rings is 2. The van der Waals surface area contributed by atoms with E-state index < -0.39 is 11.4 Å². The fourth-order valence-corrected chi connectivity index (χ4v) is 11.0. The number of rotatable bonds is 1. The molecule has 8 bridgehead atoms. The van der Waals surface area contributed by atoms with Crippen LogP contribution in [0, 0.1) is 35.5 Å². The first-order valence-electron chi connectivity index (χ1n) is 14.5. The monoisotopic (exact) mass is 636 g/mol. The summed E-state index contributed by atoms with van der Waals surface area (Å²) in [5, 5.41) is 0. The average Bonchev–Trinajstić information content (AvgIpc) is 2.84. The van der Waals surface area contributed by atoms with Crippen LogP contribution in [-0.4, -0.2) is 15.7 Å². The highest BCUT2D eigenvalue weighted by atomic mass is 79.9. The topological polar surface area (TPSA) is 0 Å². The van der Waals surface area contributed by atoms with Crippen LogP contribution in [0.3, 0.4) is 0 Å². The van der Waals surface area contributed by atoms with Gasteiger partial charge in [0.1, 0.15) is 0 Å². The van der Waals surface area contributed by atoms with E-state index in [0.29, 0.717) is 9.74 Å². The normalized spacial score (nSPS) is 39.4. The van der Waals surface area contributed by atoms with Crippen LogP contribution < -0.4 is 0 Å². The first-order valence-corrected chi connectivity index (χ1v) is 20.5. The number of halogens is 4. The second kappa shape index (κ2) is 12.9. The molecule has 0 unspecified atom stereocenters. The largest absolute Gasteiger partial charge is 0.643 e. The Balaban J connectivity index is 0.000000115. The fourth-order valence-electron chi connectivity index (χ4n) is 9.65. The Kier molecular flexibility index (Phi) is 10.0. The highest BCUT2D eigenvalue weighted by Gasteiger charge is 2.51. The number of hydrogen-bond acceptors (Lipinski definition) is 0. The summed E-state index contributed by atoms with van der Waals surface area (Å²) in [6.45, 7) is 0. The average molecular weight is 639 g/mol. The second-order valence-corrected chi connectivity index (χ2v) is 21.2. The summed E-state index contributed by atoms with van der Waals surface area (Å²) in [5.74, 6) is 6.48. The van der Waals surface area contributed by atoms with Crippen molar-refractivity contribution in [3.63, 3.8) is 0 Å². The molecule has 5 heteroatoms. The molecule has 2 aromatic carbocycles. The van der Waals surface area contributed by atoms with Crippen molar-refractivity contribution >= 4 is 57.5 Å². The van der Waals surface area contributed by atoms with Crippen molar-refractivity contribution in [3.05, 3.63) is 72.3 Å². The van der Waals surface area contributed by atoms with Gasteiger partial charge < -0.3 is 0 Å². The van der Waals surface area contributed by atoms with E-state index in [1.54, 1.807) is 44.1 Å².